The Morgan fingerprint density at radius 3 is 2.43 bits per heavy atom. The molecule has 1 aliphatic heterocycles. The van der Waals surface area contributed by atoms with E-state index < -0.39 is 10.0 Å². The first kappa shape index (κ1) is 20.2. The second-order valence-electron chi connectivity index (χ2n) is 6.78. The van der Waals surface area contributed by atoms with Gasteiger partial charge in [0.05, 0.1) is 17.1 Å². The van der Waals surface area contributed by atoms with Crippen molar-refractivity contribution in [1.29, 1.82) is 0 Å². The third-order valence-corrected chi connectivity index (χ3v) is 6.59. The third kappa shape index (κ3) is 4.66. The van der Waals surface area contributed by atoms with Crippen LogP contribution >= 0.6 is 0 Å². The zero-order valence-electron chi connectivity index (χ0n) is 15.8. The summed E-state index contributed by atoms with van der Waals surface area (Å²) in [6, 6.07) is 9.01. The molecule has 1 aromatic carbocycles. The van der Waals surface area contributed by atoms with Crippen molar-refractivity contribution in [1.82, 2.24) is 19.4 Å². The highest BCUT2D eigenvalue weighted by Gasteiger charge is 2.25. The minimum absolute atomic E-state index is 0.196. The SMILES string of the molecule is Cc1ccc(=O)n(CCNC(=O)c2ccc(S(=O)(=O)N3CCCCC3)cc2)n1. The standard InChI is InChI=1S/C19H24N4O4S/c1-15-5-10-18(24)23(21-15)14-11-20-19(25)16-6-8-17(9-7-16)28(26,27)22-12-3-2-4-13-22/h5-10H,2-4,11-14H2,1H3,(H,20,25). The number of nitrogens with one attached hydrogen (secondary N) is 1. The van der Waals surface area contributed by atoms with Crippen molar-refractivity contribution in [3.05, 3.63) is 58.0 Å². The highest BCUT2D eigenvalue weighted by atomic mass is 32.2. The van der Waals surface area contributed by atoms with Crippen LogP contribution in [0.3, 0.4) is 0 Å². The van der Waals surface area contributed by atoms with Crippen molar-refractivity contribution >= 4 is 15.9 Å². The molecule has 0 radical (unpaired) electrons. The lowest BCUT2D eigenvalue weighted by molar-refractivity contribution is 0.0951. The normalized spacial score (nSPS) is 15.3. The van der Waals surface area contributed by atoms with Gasteiger partial charge in [-0.15, -0.1) is 0 Å². The Balaban J connectivity index is 1.60. The molecular formula is C19H24N4O4S. The number of carbonyl (C=O) groups excluding carboxylic acids is 1. The fourth-order valence-electron chi connectivity index (χ4n) is 3.12. The number of benzene rings is 1. The Kier molecular flexibility index (Phi) is 6.25. The summed E-state index contributed by atoms with van der Waals surface area (Å²) in [4.78, 5) is 24.2. The van der Waals surface area contributed by atoms with Gasteiger partial charge < -0.3 is 5.32 Å². The Morgan fingerprint density at radius 2 is 1.75 bits per heavy atom. The summed E-state index contributed by atoms with van der Waals surface area (Å²) in [5.41, 5.74) is 0.852. The molecule has 28 heavy (non-hydrogen) atoms. The van der Waals surface area contributed by atoms with E-state index in [1.165, 1.54) is 39.3 Å². The molecule has 9 heteroatoms. The van der Waals surface area contributed by atoms with E-state index in [-0.39, 0.29) is 29.5 Å². The number of hydrogen-bond donors (Lipinski definition) is 1. The van der Waals surface area contributed by atoms with Crippen LogP contribution < -0.4 is 10.9 Å². The minimum atomic E-state index is -3.51. The van der Waals surface area contributed by atoms with Crippen LogP contribution in [-0.4, -0.2) is 48.0 Å². The number of aryl methyl sites for hydroxylation is 1. The number of hydrogen-bond acceptors (Lipinski definition) is 5. The molecule has 1 saturated heterocycles. The van der Waals surface area contributed by atoms with Crippen molar-refractivity contribution in [3.63, 3.8) is 0 Å². The summed E-state index contributed by atoms with van der Waals surface area (Å²) in [6.45, 7) is 3.36. The third-order valence-electron chi connectivity index (χ3n) is 4.68. The van der Waals surface area contributed by atoms with E-state index in [9.17, 15) is 18.0 Å². The van der Waals surface area contributed by atoms with E-state index in [4.69, 9.17) is 0 Å². The van der Waals surface area contributed by atoms with Crippen molar-refractivity contribution < 1.29 is 13.2 Å². The molecule has 0 unspecified atom stereocenters. The van der Waals surface area contributed by atoms with Gasteiger partial charge in [0.15, 0.2) is 0 Å². The van der Waals surface area contributed by atoms with Crippen molar-refractivity contribution in [2.45, 2.75) is 37.6 Å². The molecule has 8 nitrogen and oxygen atoms in total. The fourth-order valence-corrected chi connectivity index (χ4v) is 4.64. The average Bonchev–Trinajstić information content (AvgIpc) is 2.71. The lowest BCUT2D eigenvalue weighted by Gasteiger charge is -2.25. The van der Waals surface area contributed by atoms with Crippen LogP contribution in [0.1, 0.15) is 35.3 Å². The van der Waals surface area contributed by atoms with Gasteiger partial charge in [0.2, 0.25) is 10.0 Å². The van der Waals surface area contributed by atoms with Gasteiger partial charge in [-0.1, -0.05) is 6.42 Å². The largest absolute Gasteiger partial charge is 0.350 e. The number of piperidine rings is 1. The zero-order valence-corrected chi connectivity index (χ0v) is 16.6. The lowest BCUT2D eigenvalue weighted by atomic mass is 10.2. The maximum Gasteiger partial charge on any atom is 0.266 e. The number of nitrogens with zero attached hydrogens (tertiary/aromatic N) is 3. The minimum Gasteiger partial charge on any atom is -0.350 e. The first-order valence-corrected chi connectivity index (χ1v) is 10.7. The molecule has 1 fully saturated rings. The van der Waals surface area contributed by atoms with Crippen molar-refractivity contribution in [3.8, 4) is 0 Å². The highest BCUT2D eigenvalue weighted by Crippen LogP contribution is 2.20. The second-order valence-corrected chi connectivity index (χ2v) is 8.72. The highest BCUT2D eigenvalue weighted by molar-refractivity contribution is 7.89. The molecule has 0 spiro atoms. The number of carbonyl (C=O) groups is 1. The van der Waals surface area contributed by atoms with E-state index in [0.29, 0.717) is 18.7 Å². The van der Waals surface area contributed by atoms with Gasteiger partial charge >= 0.3 is 0 Å². The fraction of sp³-hybridized carbons (Fsp3) is 0.421. The van der Waals surface area contributed by atoms with Crippen LogP contribution in [0.5, 0.6) is 0 Å². The summed E-state index contributed by atoms with van der Waals surface area (Å²) in [5, 5.41) is 6.82. The number of amides is 1. The van der Waals surface area contributed by atoms with Crippen LogP contribution in [0.2, 0.25) is 0 Å². The van der Waals surface area contributed by atoms with Gasteiger partial charge in [-0.25, -0.2) is 13.1 Å². The van der Waals surface area contributed by atoms with E-state index >= 15 is 0 Å². The van der Waals surface area contributed by atoms with Crippen LogP contribution in [0.25, 0.3) is 0 Å². The van der Waals surface area contributed by atoms with Gasteiger partial charge in [-0.05, 0) is 50.1 Å². The molecule has 0 aliphatic carbocycles. The summed E-state index contributed by atoms with van der Waals surface area (Å²) in [7, 11) is -3.51. The van der Waals surface area contributed by atoms with E-state index in [1.54, 1.807) is 13.0 Å². The van der Waals surface area contributed by atoms with Gasteiger partial charge in [0, 0.05) is 31.3 Å². The van der Waals surface area contributed by atoms with Crippen molar-refractivity contribution in [2.24, 2.45) is 0 Å². The molecule has 1 N–H and O–H groups in total. The van der Waals surface area contributed by atoms with Gasteiger partial charge in [-0.3, -0.25) is 9.59 Å². The number of rotatable bonds is 6. The summed E-state index contributed by atoms with van der Waals surface area (Å²) in [6.07, 6.45) is 2.80. The quantitative estimate of drug-likeness (QED) is 0.778. The second kappa shape index (κ2) is 8.66. The number of aromatic nitrogens is 2. The van der Waals surface area contributed by atoms with Gasteiger partial charge in [0.25, 0.3) is 11.5 Å². The monoisotopic (exact) mass is 404 g/mol. The maximum atomic E-state index is 12.6. The Bertz CT molecular complexity index is 993. The summed E-state index contributed by atoms with van der Waals surface area (Å²) in [5.74, 6) is -0.331. The Labute approximate surface area is 164 Å². The lowest BCUT2D eigenvalue weighted by Crippen LogP contribution is -2.35. The summed E-state index contributed by atoms with van der Waals surface area (Å²) < 4.78 is 28.1. The van der Waals surface area contributed by atoms with Crippen molar-refractivity contribution in [2.75, 3.05) is 19.6 Å². The van der Waals surface area contributed by atoms with Crippen LogP contribution in [0.4, 0.5) is 0 Å². The molecule has 2 heterocycles. The van der Waals surface area contributed by atoms with Crippen LogP contribution in [0, 0.1) is 6.92 Å². The predicted octanol–water partition coefficient (Wildman–Crippen LogP) is 1.16. The summed E-state index contributed by atoms with van der Waals surface area (Å²) >= 11 is 0. The molecule has 150 valence electrons. The first-order valence-electron chi connectivity index (χ1n) is 9.31. The molecule has 1 aromatic heterocycles. The topological polar surface area (TPSA) is 101 Å². The molecule has 0 atom stereocenters. The van der Waals surface area contributed by atoms with E-state index in [1.807, 2.05) is 0 Å². The zero-order chi connectivity index (χ0) is 20.1. The van der Waals surface area contributed by atoms with E-state index in [2.05, 4.69) is 10.4 Å². The Morgan fingerprint density at radius 1 is 1.07 bits per heavy atom. The van der Waals surface area contributed by atoms with Gasteiger partial charge in [0.1, 0.15) is 0 Å². The smallest absolute Gasteiger partial charge is 0.266 e. The molecule has 0 saturated carbocycles. The first-order chi connectivity index (χ1) is 13.4. The molecular weight excluding hydrogens is 380 g/mol. The molecule has 1 aliphatic rings. The molecule has 0 bridgehead atoms. The molecule has 1 amide bonds. The van der Waals surface area contributed by atoms with Crippen LogP contribution in [0.15, 0.2) is 46.1 Å². The van der Waals surface area contributed by atoms with Crippen LogP contribution in [-0.2, 0) is 16.6 Å². The Hall–Kier alpha value is -2.52. The van der Waals surface area contributed by atoms with E-state index in [0.717, 1.165) is 25.0 Å². The number of sulfonamides is 1. The average molecular weight is 404 g/mol. The molecule has 3 rings (SSSR count). The maximum absolute atomic E-state index is 12.6. The predicted molar refractivity (Wildman–Crippen MR) is 105 cm³/mol. The molecule has 2 aromatic rings. The van der Waals surface area contributed by atoms with Gasteiger partial charge in [-0.2, -0.15) is 9.40 Å².